The second-order valence-electron chi connectivity index (χ2n) is 8.72. The number of aliphatic hydroxyl groups excluding tert-OH is 1. The summed E-state index contributed by atoms with van der Waals surface area (Å²) in [4.78, 5) is 25.5. The van der Waals surface area contributed by atoms with Crippen molar-refractivity contribution in [1.29, 1.82) is 0 Å². The van der Waals surface area contributed by atoms with E-state index in [1.807, 2.05) is 13.8 Å². The highest BCUT2D eigenvalue weighted by Gasteiger charge is 2.37. The van der Waals surface area contributed by atoms with Crippen LogP contribution in [-0.2, 0) is 14.8 Å². The maximum Gasteiger partial charge on any atom is 0.323 e. The molecule has 0 saturated carbocycles. The summed E-state index contributed by atoms with van der Waals surface area (Å²) in [5.74, 6) is -0.657. The Kier molecular flexibility index (Phi) is 8.63. The van der Waals surface area contributed by atoms with Gasteiger partial charge in [-0.3, -0.25) is 9.59 Å². The first-order valence-electron chi connectivity index (χ1n) is 11.1. The number of aromatic nitrogens is 1. The molecule has 3 N–H and O–H groups in total. The van der Waals surface area contributed by atoms with E-state index in [4.69, 9.17) is 0 Å². The molecule has 10 nitrogen and oxygen atoms in total. The highest BCUT2D eigenvalue weighted by molar-refractivity contribution is 7.88. The van der Waals surface area contributed by atoms with E-state index in [-0.39, 0.29) is 29.6 Å². The molecule has 2 aromatic rings. The van der Waals surface area contributed by atoms with Gasteiger partial charge in [-0.25, -0.2) is 8.42 Å². The van der Waals surface area contributed by atoms with Gasteiger partial charge in [0.2, 0.25) is 5.91 Å². The largest absolute Gasteiger partial charge is 0.618 e. The van der Waals surface area contributed by atoms with Crippen LogP contribution < -0.4 is 15.4 Å². The van der Waals surface area contributed by atoms with Crippen LogP contribution in [0.15, 0.2) is 46.2 Å². The number of nitrogens with one attached hydrogen (secondary N) is 2. The first-order valence-corrected chi connectivity index (χ1v) is 13.5. The highest BCUT2D eigenvalue weighted by Crippen LogP contribution is 2.19. The van der Waals surface area contributed by atoms with E-state index in [2.05, 4.69) is 10.6 Å². The number of aliphatic hydroxyl groups is 1. The van der Waals surface area contributed by atoms with Crippen molar-refractivity contribution in [2.75, 3.05) is 13.1 Å². The Labute approximate surface area is 203 Å². The topological polar surface area (TPSA) is 143 Å². The second kappa shape index (κ2) is 11.3. The quantitative estimate of drug-likeness (QED) is 0.355. The van der Waals surface area contributed by atoms with Crippen molar-refractivity contribution in [1.82, 2.24) is 14.9 Å². The predicted molar refractivity (Wildman–Crippen MR) is 126 cm³/mol. The van der Waals surface area contributed by atoms with Crippen molar-refractivity contribution in [3.8, 4) is 0 Å². The number of thiophene rings is 1. The number of carbonyl (C=O) groups is 2. The summed E-state index contributed by atoms with van der Waals surface area (Å²) in [6.07, 6.45) is 1.05. The molecule has 2 amide bonds. The molecule has 186 valence electrons. The summed E-state index contributed by atoms with van der Waals surface area (Å²) in [6.45, 7) is 3.71. The number of sulfonamides is 1. The van der Waals surface area contributed by atoms with Gasteiger partial charge in [-0.1, -0.05) is 13.8 Å². The molecule has 0 bridgehead atoms. The Morgan fingerprint density at radius 3 is 2.74 bits per heavy atom. The van der Waals surface area contributed by atoms with Crippen molar-refractivity contribution < 1.29 is 27.8 Å². The van der Waals surface area contributed by atoms with Gasteiger partial charge in [0, 0.05) is 30.6 Å². The molecular formula is C22H30N4O6S2. The highest BCUT2D eigenvalue weighted by atomic mass is 32.2. The summed E-state index contributed by atoms with van der Waals surface area (Å²) in [7, 11) is -4.12. The average molecular weight is 511 g/mol. The number of hydrogen-bond donors (Lipinski definition) is 3. The lowest BCUT2D eigenvalue weighted by Gasteiger charge is -2.27. The third kappa shape index (κ3) is 6.32. The van der Waals surface area contributed by atoms with Crippen LogP contribution in [0.5, 0.6) is 0 Å². The number of pyridine rings is 1. The molecule has 0 aromatic carbocycles. The smallest absolute Gasteiger partial charge is 0.323 e. The maximum absolute atomic E-state index is 13.0. The van der Waals surface area contributed by atoms with E-state index in [1.165, 1.54) is 29.5 Å². The van der Waals surface area contributed by atoms with Crippen molar-refractivity contribution in [3.05, 3.63) is 52.0 Å². The van der Waals surface area contributed by atoms with Crippen molar-refractivity contribution >= 4 is 33.2 Å². The van der Waals surface area contributed by atoms with Gasteiger partial charge in [0.25, 0.3) is 5.91 Å². The Morgan fingerprint density at radius 1 is 1.32 bits per heavy atom. The lowest BCUT2D eigenvalue weighted by Crippen LogP contribution is -2.54. The number of nitrogens with zero attached hydrogens (tertiary/aromatic N) is 2. The van der Waals surface area contributed by atoms with Crippen LogP contribution in [0.4, 0.5) is 0 Å². The summed E-state index contributed by atoms with van der Waals surface area (Å²) in [5.41, 5.74) is 0.471. The van der Waals surface area contributed by atoms with Gasteiger partial charge in [0.05, 0.1) is 17.7 Å². The van der Waals surface area contributed by atoms with Crippen LogP contribution in [0.3, 0.4) is 0 Å². The fourth-order valence-electron chi connectivity index (χ4n) is 3.86. The van der Waals surface area contributed by atoms with E-state index < -0.39 is 39.1 Å². The predicted octanol–water partition coefficient (Wildman–Crippen LogP) is 0.856. The third-order valence-electron chi connectivity index (χ3n) is 5.61. The van der Waals surface area contributed by atoms with E-state index in [1.54, 1.807) is 16.8 Å². The first-order chi connectivity index (χ1) is 16.1. The standard InChI is InChI=1S/C22H30N4O6S2/c1-15(2)12-18(24-21(28)16-8-11-33-14-16)22(29)23-17-6-5-9-25(13-19(17)27)34(31,32)20-7-3-4-10-26(20)30/h3-4,7-8,10-11,14-15,17-19,27H,5-6,9,12-13H2,1-2H3,(H,23,29)(H,24,28)/t17?,18?,19-/m0/s1. The molecule has 34 heavy (non-hydrogen) atoms. The number of hydrogen-bond acceptors (Lipinski definition) is 7. The van der Waals surface area contributed by atoms with Gasteiger partial charge in [0.15, 0.2) is 6.20 Å². The molecule has 0 spiro atoms. The number of rotatable bonds is 8. The fourth-order valence-corrected chi connectivity index (χ4v) is 6.02. The molecular weight excluding hydrogens is 480 g/mol. The molecule has 1 aliphatic heterocycles. The molecule has 0 radical (unpaired) electrons. The van der Waals surface area contributed by atoms with Crippen molar-refractivity contribution in [2.45, 2.75) is 56.3 Å². The minimum absolute atomic E-state index is 0.102. The molecule has 2 unspecified atom stereocenters. The van der Waals surface area contributed by atoms with Crippen LogP contribution >= 0.6 is 11.3 Å². The van der Waals surface area contributed by atoms with Gasteiger partial charge in [-0.15, -0.1) is 0 Å². The monoisotopic (exact) mass is 510 g/mol. The van der Waals surface area contributed by atoms with Gasteiger partial charge in [-0.2, -0.15) is 20.4 Å². The van der Waals surface area contributed by atoms with Crippen LogP contribution in [0, 0.1) is 11.1 Å². The molecule has 12 heteroatoms. The minimum Gasteiger partial charge on any atom is -0.618 e. The number of amides is 2. The van der Waals surface area contributed by atoms with Gasteiger partial charge in [-0.05, 0) is 42.7 Å². The molecule has 1 aliphatic rings. The Morgan fingerprint density at radius 2 is 2.09 bits per heavy atom. The Hall–Kier alpha value is -2.54. The van der Waals surface area contributed by atoms with Crippen LogP contribution in [-0.4, -0.2) is 60.9 Å². The molecule has 3 heterocycles. The average Bonchev–Trinajstić information content (AvgIpc) is 3.25. The SMILES string of the molecule is CC(C)CC(NC(=O)c1ccsc1)C(=O)NC1CCCN(S(=O)(=O)c2cccc[n+]2[O-])C[C@@H]1O. The normalized spacial score (nSPS) is 20.5. The van der Waals surface area contributed by atoms with Gasteiger partial charge >= 0.3 is 15.0 Å². The molecule has 1 fully saturated rings. The lowest BCUT2D eigenvalue weighted by molar-refractivity contribution is -0.646. The van der Waals surface area contributed by atoms with Crippen LogP contribution in [0.1, 0.15) is 43.5 Å². The van der Waals surface area contributed by atoms with Crippen LogP contribution in [0.25, 0.3) is 0 Å². The zero-order chi connectivity index (χ0) is 24.9. The zero-order valence-electron chi connectivity index (χ0n) is 19.1. The molecule has 2 aromatic heterocycles. The van der Waals surface area contributed by atoms with Crippen LogP contribution in [0.2, 0.25) is 0 Å². The Bertz CT molecular complexity index is 1090. The summed E-state index contributed by atoms with van der Waals surface area (Å²) < 4.78 is 27.3. The number of carbonyl (C=O) groups excluding carboxylic acids is 2. The van der Waals surface area contributed by atoms with Crippen molar-refractivity contribution in [3.63, 3.8) is 0 Å². The van der Waals surface area contributed by atoms with Gasteiger partial charge in [0.1, 0.15) is 6.04 Å². The molecule has 3 atom stereocenters. The molecule has 0 aliphatic carbocycles. The van der Waals surface area contributed by atoms with E-state index in [0.717, 1.165) is 10.5 Å². The second-order valence-corrected chi connectivity index (χ2v) is 11.4. The zero-order valence-corrected chi connectivity index (χ0v) is 20.7. The molecule has 1 saturated heterocycles. The van der Waals surface area contributed by atoms with Gasteiger partial charge < -0.3 is 20.9 Å². The molecule has 3 rings (SSSR count). The lowest BCUT2D eigenvalue weighted by atomic mass is 10.0. The Balaban J connectivity index is 1.69. The fraction of sp³-hybridized carbons (Fsp3) is 0.500. The van der Waals surface area contributed by atoms with Crippen molar-refractivity contribution in [2.24, 2.45) is 5.92 Å². The van der Waals surface area contributed by atoms with E-state index >= 15 is 0 Å². The summed E-state index contributed by atoms with van der Waals surface area (Å²) in [5, 5.41) is 31.3. The third-order valence-corrected chi connectivity index (χ3v) is 8.15. The summed E-state index contributed by atoms with van der Waals surface area (Å²) in [6, 6.07) is 4.28. The number of β-amino-alcohol motifs (C(OH)–C–C–N with tert-alkyl or cyclic N) is 1. The minimum atomic E-state index is -4.12. The van der Waals surface area contributed by atoms with E-state index in [9.17, 15) is 28.3 Å². The summed E-state index contributed by atoms with van der Waals surface area (Å²) >= 11 is 1.38. The van der Waals surface area contributed by atoms with E-state index in [0.29, 0.717) is 24.8 Å². The maximum atomic E-state index is 13.0. The first kappa shape index (κ1) is 26.1.